The van der Waals surface area contributed by atoms with Gasteiger partial charge in [0.05, 0.1) is 25.4 Å². The smallest absolute Gasteiger partial charge is 0.220 e. The number of amides is 1. The van der Waals surface area contributed by atoms with Gasteiger partial charge in [-0.05, 0) is 32.1 Å². The van der Waals surface area contributed by atoms with Crippen LogP contribution in [0.3, 0.4) is 0 Å². The van der Waals surface area contributed by atoms with E-state index in [1.54, 1.807) is 6.08 Å². The maximum atomic E-state index is 12.9. The van der Waals surface area contributed by atoms with Crippen molar-refractivity contribution in [3.63, 3.8) is 0 Å². The first-order valence-corrected chi connectivity index (χ1v) is 26.1. The highest BCUT2D eigenvalue weighted by atomic mass is 16.7. The molecule has 61 heavy (non-hydrogen) atoms. The molecular weight excluding hydrogens is 767 g/mol. The van der Waals surface area contributed by atoms with Crippen molar-refractivity contribution in [1.29, 1.82) is 0 Å². The van der Waals surface area contributed by atoms with E-state index in [1.165, 1.54) is 186 Å². The van der Waals surface area contributed by atoms with Gasteiger partial charge in [0.15, 0.2) is 6.29 Å². The highest BCUT2D eigenvalue weighted by Crippen LogP contribution is 2.23. The molecule has 1 fully saturated rings. The van der Waals surface area contributed by atoms with Gasteiger partial charge >= 0.3 is 0 Å². The molecule has 1 heterocycles. The maximum Gasteiger partial charge on any atom is 0.220 e. The molecule has 9 heteroatoms. The minimum absolute atomic E-state index is 0.186. The lowest BCUT2D eigenvalue weighted by atomic mass is 9.99. The minimum atomic E-state index is -1.57. The van der Waals surface area contributed by atoms with Crippen LogP contribution in [-0.2, 0) is 14.3 Å². The number of carbonyl (C=O) groups is 1. The molecule has 0 saturated carbocycles. The minimum Gasteiger partial charge on any atom is -0.394 e. The van der Waals surface area contributed by atoms with E-state index in [9.17, 15) is 30.3 Å². The summed E-state index contributed by atoms with van der Waals surface area (Å²) in [5.41, 5.74) is 0. The van der Waals surface area contributed by atoms with Crippen LogP contribution >= 0.6 is 0 Å². The van der Waals surface area contributed by atoms with Crippen LogP contribution in [-0.4, -0.2) is 87.5 Å². The topological polar surface area (TPSA) is 149 Å². The molecule has 1 aliphatic heterocycles. The lowest BCUT2D eigenvalue weighted by Crippen LogP contribution is -2.60. The number of nitrogens with one attached hydrogen (secondary N) is 1. The third-order valence-electron chi connectivity index (χ3n) is 12.5. The molecule has 360 valence electrons. The zero-order valence-corrected chi connectivity index (χ0v) is 39.7. The average Bonchev–Trinajstić information content (AvgIpc) is 3.26. The van der Waals surface area contributed by atoms with Crippen molar-refractivity contribution in [1.82, 2.24) is 5.32 Å². The molecule has 7 unspecified atom stereocenters. The zero-order chi connectivity index (χ0) is 44.4. The molecule has 0 spiro atoms. The van der Waals surface area contributed by atoms with Gasteiger partial charge in [-0.15, -0.1) is 0 Å². The average molecular weight is 866 g/mol. The Kier molecular flexibility index (Phi) is 40.3. The summed E-state index contributed by atoms with van der Waals surface area (Å²) < 4.78 is 11.2. The largest absolute Gasteiger partial charge is 0.394 e. The van der Waals surface area contributed by atoms with Gasteiger partial charge in [0.1, 0.15) is 24.4 Å². The van der Waals surface area contributed by atoms with Gasteiger partial charge in [-0.2, -0.15) is 0 Å². The molecule has 1 amide bonds. The summed E-state index contributed by atoms with van der Waals surface area (Å²) in [4.78, 5) is 12.9. The molecule has 1 aliphatic rings. The molecule has 0 aliphatic carbocycles. The molecule has 0 aromatic rings. The molecule has 0 bridgehead atoms. The second kappa shape index (κ2) is 42.6. The van der Waals surface area contributed by atoms with Crippen LogP contribution in [0, 0.1) is 0 Å². The van der Waals surface area contributed by atoms with Crippen LogP contribution in [0.15, 0.2) is 24.3 Å². The first-order chi connectivity index (χ1) is 29.8. The van der Waals surface area contributed by atoms with Gasteiger partial charge in [-0.3, -0.25) is 4.79 Å². The number of carbonyl (C=O) groups excluding carboxylic acids is 1. The summed E-state index contributed by atoms with van der Waals surface area (Å²) in [6.07, 6.45) is 45.4. The molecule has 9 nitrogen and oxygen atoms in total. The normalized spacial score (nSPS) is 20.5. The van der Waals surface area contributed by atoms with E-state index in [1.807, 2.05) is 6.08 Å². The van der Waals surface area contributed by atoms with Gasteiger partial charge in [-0.1, -0.05) is 231 Å². The third kappa shape index (κ3) is 32.9. The summed E-state index contributed by atoms with van der Waals surface area (Å²) in [7, 11) is 0. The fraction of sp³-hybridized carbons (Fsp3) is 0.904. The first-order valence-electron chi connectivity index (χ1n) is 26.1. The molecule has 7 atom stereocenters. The second-order valence-corrected chi connectivity index (χ2v) is 18.3. The number of rotatable bonds is 44. The van der Waals surface area contributed by atoms with Crippen molar-refractivity contribution in [2.45, 2.75) is 288 Å². The van der Waals surface area contributed by atoms with E-state index in [4.69, 9.17) is 9.47 Å². The number of unbranched alkanes of at least 4 members (excludes halogenated alkanes) is 32. The Morgan fingerprint density at radius 2 is 0.934 bits per heavy atom. The van der Waals surface area contributed by atoms with Gasteiger partial charge in [0.2, 0.25) is 5.91 Å². The van der Waals surface area contributed by atoms with E-state index in [2.05, 4.69) is 31.3 Å². The molecule has 1 rings (SSSR count). The zero-order valence-electron chi connectivity index (χ0n) is 39.7. The highest BCUT2D eigenvalue weighted by molar-refractivity contribution is 5.76. The molecule has 6 N–H and O–H groups in total. The highest BCUT2D eigenvalue weighted by Gasteiger charge is 2.44. The standard InChI is InChI=1S/C52H99NO8/c1-3-5-7-9-11-13-15-16-17-18-19-20-21-22-23-24-25-26-27-28-29-30-32-33-35-37-39-41-46(55)45(44-60-52-51(59)50(58)49(57)47(43-54)61-52)53-48(56)42-40-38-36-34-31-14-12-10-8-6-4-2/h32-33,39,41,45-47,49-52,54-55,57-59H,3-31,34-38,40,42-44H2,1-2H3,(H,53,56)/b33-32+,41-39+. The number of ether oxygens (including phenoxy) is 2. The van der Waals surface area contributed by atoms with Crippen LogP contribution in [0.4, 0.5) is 0 Å². The molecular formula is C52H99NO8. The number of aliphatic hydroxyl groups is 5. The van der Waals surface area contributed by atoms with Gasteiger partial charge in [-0.25, -0.2) is 0 Å². The predicted molar refractivity (Wildman–Crippen MR) is 253 cm³/mol. The third-order valence-corrected chi connectivity index (χ3v) is 12.5. The first kappa shape index (κ1) is 57.7. The van der Waals surface area contributed by atoms with Crippen molar-refractivity contribution in [2.24, 2.45) is 0 Å². The summed E-state index contributed by atoms with van der Waals surface area (Å²) in [6, 6.07) is -0.816. The molecule has 0 radical (unpaired) electrons. The van der Waals surface area contributed by atoms with E-state index < -0.39 is 49.5 Å². The molecule has 0 aromatic carbocycles. The van der Waals surface area contributed by atoms with E-state index >= 15 is 0 Å². The number of allylic oxidation sites excluding steroid dienone is 3. The SMILES string of the molecule is CCCCCCCCCCCCCCCCCCCCCCC/C=C/CC/C=C/C(O)C(COC1OC(CO)C(O)C(O)C1O)NC(=O)CCCCCCCCCCCCC. The van der Waals surface area contributed by atoms with Crippen molar-refractivity contribution < 1.29 is 39.8 Å². The molecule has 0 aromatic heterocycles. The maximum absolute atomic E-state index is 12.9. The van der Waals surface area contributed by atoms with E-state index in [-0.39, 0.29) is 12.5 Å². The predicted octanol–water partition coefficient (Wildman–Crippen LogP) is 11.8. The van der Waals surface area contributed by atoms with Crippen molar-refractivity contribution in [3.05, 3.63) is 24.3 Å². The number of hydrogen-bond acceptors (Lipinski definition) is 8. The Morgan fingerprint density at radius 1 is 0.541 bits per heavy atom. The van der Waals surface area contributed by atoms with Crippen LogP contribution in [0.25, 0.3) is 0 Å². The quantitative estimate of drug-likeness (QED) is 0.0262. The number of aliphatic hydroxyl groups excluding tert-OH is 5. The Balaban J connectivity index is 2.23. The number of hydrogen-bond donors (Lipinski definition) is 6. The second-order valence-electron chi connectivity index (χ2n) is 18.3. The van der Waals surface area contributed by atoms with Gasteiger partial charge < -0.3 is 40.3 Å². The van der Waals surface area contributed by atoms with Crippen LogP contribution < -0.4 is 5.32 Å². The lowest BCUT2D eigenvalue weighted by Gasteiger charge is -2.40. The van der Waals surface area contributed by atoms with Crippen LogP contribution in [0.1, 0.15) is 245 Å². The monoisotopic (exact) mass is 866 g/mol. The van der Waals surface area contributed by atoms with Crippen LogP contribution in [0.5, 0.6) is 0 Å². The lowest BCUT2D eigenvalue weighted by molar-refractivity contribution is -0.302. The summed E-state index contributed by atoms with van der Waals surface area (Å²) in [6.45, 7) is 3.76. The summed E-state index contributed by atoms with van der Waals surface area (Å²) in [5.74, 6) is -0.186. The molecule has 1 saturated heterocycles. The van der Waals surface area contributed by atoms with Crippen LogP contribution in [0.2, 0.25) is 0 Å². The van der Waals surface area contributed by atoms with E-state index in [0.29, 0.717) is 6.42 Å². The van der Waals surface area contributed by atoms with Gasteiger partial charge in [0, 0.05) is 6.42 Å². The Bertz CT molecular complexity index is 1010. The fourth-order valence-corrected chi connectivity index (χ4v) is 8.35. The Morgan fingerprint density at radius 3 is 1.38 bits per heavy atom. The van der Waals surface area contributed by atoms with Gasteiger partial charge in [0.25, 0.3) is 0 Å². The Labute approximate surface area is 375 Å². The van der Waals surface area contributed by atoms with Crippen molar-refractivity contribution in [2.75, 3.05) is 13.2 Å². The van der Waals surface area contributed by atoms with E-state index in [0.717, 1.165) is 38.5 Å². The summed E-state index contributed by atoms with van der Waals surface area (Å²) in [5, 5.41) is 54.2. The Hall–Kier alpha value is -1.33. The fourth-order valence-electron chi connectivity index (χ4n) is 8.35. The summed E-state index contributed by atoms with van der Waals surface area (Å²) >= 11 is 0. The van der Waals surface area contributed by atoms with Crippen molar-refractivity contribution in [3.8, 4) is 0 Å². The van der Waals surface area contributed by atoms with Crippen molar-refractivity contribution >= 4 is 5.91 Å².